The predicted molar refractivity (Wildman–Crippen MR) is 71.5 cm³/mol. The Morgan fingerprint density at radius 1 is 1.16 bits per heavy atom. The first-order chi connectivity index (χ1) is 9.26. The first-order valence-electron chi connectivity index (χ1n) is 8.33. The predicted octanol–water partition coefficient (Wildman–Crippen LogP) is 2.00. The molecule has 0 aromatic rings. The zero-order valence-corrected chi connectivity index (χ0v) is 11.7. The fourth-order valence-corrected chi connectivity index (χ4v) is 6.96. The van der Waals surface area contributed by atoms with E-state index in [1.54, 1.807) is 0 Å². The van der Waals surface area contributed by atoms with Crippen LogP contribution in [0.25, 0.3) is 0 Å². The molecule has 5 rings (SSSR count). The molecule has 0 radical (unpaired) electrons. The number of ether oxygens (including phenoxy) is 1. The molecule has 0 aromatic heterocycles. The molecule has 3 heteroatoms. The van der Waals surface area contributed by atoms with Crippen LogP contribution in [0.5, 0.6) is 0 Å². The van der Waals surface area contributed by atoms with E-state index in [9.17, 15) is 5.11 Å². The number of nitrogens with zero attached hydrogens (tertiary/aromatic N) is 1. The van der Waals surface area contributed by atoms with Crippen molar-refractivity contribution >= 4 is 0 Å². The molecular formula is C16H25NO2. The van der Waals surface area contributed by atoms with Gasteiger partial charge in [0.25, 0.3) is 0 Å². The van der Waals surface area contributed by atoms with Gasteiger partial charge in [0, 0.05) is 18.5 Å². The molecule has 2 aliphatic carbocycles. The second-order valence-corrected chi connectivity index (χ2v) is 7.78. The van der Waals surface area contributed by atoms with Crippen LogP contribution in [0.2, 0.25) is 0 Å². The lowest BCUT2D eigenvalue weighted by molar-refractivity contribution is -0.249. The molecule has 106 valence electrons. The molecule has 5 unspecified atom stereocenters. The molecule has 2 spiro atoms. The average molecular weight is 263 g/mol. The van der Waals surface area contributed by atoms with E-state index in [0.717, 1.165) is 24.9 Å². The van der Waals surface area contributed by atoms with E-state index in [0.29, 0.717) is 11.3 Å². The van der Waals surface area contributed by atoms with Crippen molar-refractivity contribution in [3.8, 4) is 0 Å². The van der Waals surface area contributed by atoms with Crippen molar-refractivity contribution in [2.45, 2.75) is 56.8 Å². The molecule has 2 saturated carbocycles. The molecule has 3 nitrogen and oxygen atoms in total. The highest BCUT2D eigenvalue weighted by Gasteiger charge is 2.73. The third-order valence-electron chi connectivity index (χ3n) is 7.32. The summed E-state index contributed by atoms with van der Waals surface area (Å²) in [6.45, 7) is 3.41. The highest BCUT2D eigenvalue weighted by molar-refractivity contribution is 5.19. The third kappa shape index (κ3) is 1.14. The van der Waals surface area contributed by atoms with Crippen LogP contribution in [0.1, 0.15) is 44.9 Å². The van der Waals surface area contributed by atoms with Crippen LogP contribution in [-0.4, -0.2) is 41.5 Å². The summed E-state index contributed by atoms with van der Waals surface area (Å²) in [5.74, 6) is 2.01. The number of rotatable bonds is 0. The summed E-state index contributed by atoms with van der Waals surface area (Å²) in [6, 6.07) is 0. The second kappa shape index (κ2) is 3.55. The van der Waals surface area contributed by atoms with Crippen molar-refractivity contribution in [3.63, 3.8) is 0 Å². The lowest BCUT2D eigenvalue weighted by Crippen LogP contribution is -2.66. The lowest BCUT2D eigenvalue weighted by atomic mass is 9.54. The van der Waals surface area contributed by atoms with Crippen molar-refractivity contribution in [2.75, 3.05) is 19.7 Å². The van der Waals surface area contributed by atoms with E-state index in [4.69, 9.17) is 4.74 Å². The van der Waals surface area contributed by atoms with Crippen molar-refractivity contribution in [1.82, 2.24) is 4.90 Å². The van der Waals surface area contributed by atoms with Crippen molar-refractivity contribution < 1.29 is 9.84 Å². The van der Waals surface area contributed by atoms with Gasteiger partial charge in [-0.05, 0) is 62.7 Å². The summed E-state index contributed by atoms with van der Waals surface area (Å²) in [5.41, 5.74) is 0.325. The molecular weight excluding hydrogens is 238 g/mol. The Labute approximate surface area is 115 Å². The first kappa shape index (κ1) is 11.5. The maximum absolute atomic E-state index is 10.7. The molecule has 5 fully saturated rings. The summed E-state index contributed by atoms with van der Waals surface area (Å²) in [4.78, 5) is 2.70. The van der Waals surface area contributed by atoms with E-state index >= 15 is 0 Å². The van der Waals surface area contributed by atoms with Gasteiger partial charge in [-0.1, -0.05) is 0 Å². The Balaban J connectivity index is 1.73. The highest BCUT2D eigenvalue weighted by Crippen LogP contribution is 2.70. The fraction of sp³-hybridized carbons (Fsp3) is 1.00. The van der Waals surface area contributed by atoms with E-state index in [1.807, 2.05) is 0 Å². The molecule has 5 aliphatic rings. The Morgan fingerprint density at radius 2 is 2.05 bits per heavy atom. The summed E-state index contributed by atoms with van der Waals surface area (Å²) in [5, 5.41) is 10.7. The summed E-state index contributed by atoms with van der Waals surface area (Å²) >= 11 is 0. The zero-order chi connectivity index (χ0) is 12.7. The summed E-state index contributed by atoms with van der Waals surface area (Å²) < 4.78 is 6.55. The molecule has 3 saturated heterocycles. The minimum absolute atomic E-state index is 0.0253. The molecule has 7 atom stereocenters. The van der Waals surface area contributed by atoms with Crippen LogP contribution in [0.15, 0.2) is 0 Å². The molecule has 3 heterocycles. The number of aliphatic hydroxyl groups is 1. The van der Waals surface area contributed by atoms with Crippen molar-refractivity contribution in [3.05, 3.63) is 0 Å². The molecule has 19 heavy (non-hydrogen) atoms. The highest BCUT2D eigenvalue weighted by atomic mass is 16.5. The maximum atomic E-state index is 10.7. The summed E-state index contributed by atoms with van der Waals surface area (Å²) in [6.07, 6.45) is 8.69. The van der Waals surface area contributed by atoms with Crippen molar-refractivity contribution in [1.29, 1.82) is 0 Å². The summed E-state index contributed by atoms with van der Waals surface area (Å²) in [7, 11) is 0. The monoisotopic (exact) mass is 263 g/mol. The van der Waals surface area contributed by atoms with E-state index in [1.165, 1.54) is 51.6 Å². The van der Waals surface area contributed by atoms with Crippen molar-refractivity contribution in [2.24, 2.45) is 23.2 Å². The SMILES string of the molecule is O[C@H]1CC2CC3COC4(C3)N3CCC[C@H]1C24CCC3. The standard InChI is InChI=1S/C16H25NO2/c18-14-8-12-7-11-9-16(19-10-11)15(12)4-2-6-17(16)5-1-3-13(14)15/h11-14,18H,1-10H2/t11?,12?,13-,14+,15?,16?/m1/s1. The first-order valence-corrected chi connectivity index (χ1v) is 8.33. The van der Waals surface area contributed by atoms with E-state index in [-0.39, 0.29) is 11.8 Å². The Hall–Kier alpha value is -0.120. The van der Waals surface area contributed by atoms with Gasteiger partial charge in [-0.15, -0.1) is 0 Å². The second-order valence-electron chi connectivity index (χ2n) is 7.78. The minimum Gasteiger partial charge on any atom is -0.393 e. The van der Waals surface area contributed by atoms with Gasteiger partial charge in [0.15, 0.2) is 0 Å². The molecule has 4 bridgehead atoms. The normalized spacial score (nSPS) is 62.7. The quantitative estimate of drug-likeness (QED) is 0.725. The van der Waals surface area contributed by atoms with Gasteiger partial charge in [0.1, 0.15) is 5.72 Å². The van der Waals surface area contributed by atoms with Crippen LogP contribution in [0, 0.1) is 23.2 Å². The van der Waals surface area contributed by atoms with Crippen LogP contribution in [-0.2, 0) is 4.74 Å². The number of hydrogen-bond acceptors (Lipinski definition) is 3. The maximum Gasteiger partial charge on any atom is 0.128 e. The van der Waals surface area contributed by atoms with Gasteiger partial charge in [0.05, 0.1) is 12.7 Å². The third-order valence-corrected chi connectivity index (χ3v) is 7.32. The van der Waals surface area contributed by atoms with Gasteiger partial charge in [-0.2, -0.15) is 0 Å². The van der Waals surface area contributed by atoms with Crippen LogP contribution >= 0.6 is 0 Å². The Bertz CT molecular complexity index is 414. The zero-order valence-electron chi connectivity index (χ0n) is 11.7. The van der Waals surface area contributed by atoms with Crippen LogP contribution in [0.3, 0.4) is 0 Å². The van der Waals surface area contributed by atoms with Gasteiger partial charge < -0.3 is 9.84 Å². The van der Waals surface area contributed by atoms with Crippen LogP contribution in [0.4, 0.5) is 0 Å². The number of hydrogen-bond donors (Lipinski definition) is 1. The molecule has 0 aromatic carbocycles. The Morgan fingerprint density at radius 3 is 3.00 bits per heavy atom. The molecule has 0 amide bonds. The van der Waals surface area contributed by atoms with E-state index < -0.39 is 0 Å². The lowest BCUT2D eigenvalue weighted by Gasteiger charge is -2.60. The molecule has 1 N–H and O–H groups in total. The Kier molecular flexibility index (Phi) is 2.15. The van der Waals surface area contributed by atoms with Gasteiger partial charge >= 0.3 is 0 Å². The number of fused-ring (bicyclic) bond motifs is 1. The number of aliphatic hydroxyl groups excluding tert-OH is 1. The number of piperidine rings is 1. The smallest absolute Gasteiger partial charge is 0.128 e. The molecule has 3 aliphatic heterocycles. The fourth-order valence-electron chi connectivity index (χ4n) is 6.96. The van der Waals surface area contributed by atoms with Gasteiger partial charge in [-0.3, -0.25) is 4.90 Å². The van der Waals surface area contributed by atoms with Gasteiger partial charge in [-0.25, -0.2) is 0 Å². The van der Waals surface area contributed by atoms with Crippen LogP contribution < -0.4 is 0 Å². The van der Waals surface area contributed by atoms with Gasteiger partial charge in [0.2, 0.25) is 0 Å². The largest absolute Gasteiger partial charge is 0.393 e. The minimum atomic E-state index is -0.0529. The average Bonchev–Trinajstić information content (AvgIpc) is 2.86. The topological polar surface area (TPSA) is 32.7 Å². The van der Waals surface area contributed by atoms with E-state index in [2.05, 4.69) is 4.90 Å².